The van der Waals surface area contributed by atoms with Crippen LogP contribution in [-0.2, 0) is 32.6 Å². The quantitative estimate of drug-likeness (QED) is 0.197. The molecular weight excluding hydrogens is 606 g/mol. The highest BCUT2D eigenvalue weighted by Crippen LogP contribution is 2.28. The number of hydrogen-bond acceptors (Lipinski definition) is 4. The fraction of sp³-hybridized carbons (Fsp3) is 0.278. The van der Waals surface area contributed by atoms with Crippen molar-refractivity contribution in [2.45, 2.75) is 64.1 Å². The molecule has 7 nitrogen and oxygen atoms in total. The SMILES string of the molecule is Cc1ccc(N(CC(=O)N(Cc2ccc(Cl)cc2)[C@H](Cc2ccccc2)C(=O)NC(C)(C)C)S(=O)(=O)c2ccccc2)c(C)c1. The number of nitrogens with zero attached hydrogens (tertiary/aromatic N) is 2. The Morgan fingerprint density at radius 2 is 1.42 bits per heavy atom. The fourth-order valence-electron chi connectivity index (χ4n) is 5.11. The third-order valence-corrected chi connectivity index (χ3v) is 9.29. The molecule has 4 aromatic carbocycles. The van der Waals surface area contributed by atoms with Crippen LogP contribution in [0.5, 0.6) is 0 Å². The van der Waals surface area contributed by atoms with E-state index >= 15 is 0 Å². The average molecular weight is 646 g/mol. The van der Waals surface area contributed by atoms with Gasteiger partial charge in [-0.25, -0.2) is 8.42 Å². The molecule has 0 spiro atoms. The first kappa shape index (κ1) is 33.7. The Bertz CT molecular complexity index is 1720. The van der Waals surface area contributed by atoms with E-state index in [9.17, 15) is 18.0 Å². The summed E-state index contributed by atoms with van der Waals surface area (Å²) in [4.78, 5) is 30.1. The summed E-state index contributed by atoms with van der Waals surface area (Å²) < 4.78 is 29.5. The Kier molecular flexibility index (Phi) is 10.7. The van der Waals surface area contributed by atoms with Crippen molar-refractivity contribution in [1.82, 2.24) is 10.2 Å². The van der Waals surface area contributed by atoms with Crippen molar-refractivity contribution in [2.75, 3.05) is 10.8 Å². The summed E-state index contributed by atoms with van der Waals surface area (Å²) in [5.41, 5.74) is 3.11. The van der Waals surface area contributed by atoms with Gasteiger partial charge in [0.1, 0.15) is 12.6 Å². The lowest BCUT2D eigenvalue weighted by Crippen LogP contribution is -2.56. The molecule has 45 heavy (non-hydrogen) atoms. The van der Waals surface area contributed by atoms with Gasteiger partial charge in [-0.05, 0) is 81.6 Å². The molecule has 4 rings (SSSR count). The lowest BCUT2D eigenvalue weighted by molar-refractivity contribution is -0.140. The van der Waals surface area contributed by atoms with E-state index in [1.165, 1.54) is 17.0 Å². The second kappa shape index (κ2) is 14.3. The number of anilines is 1. The van der Waals surface area contributed by atoms with E-state index in [1.54, 1.807) is 48.5 Å². The molecule has 0 bridgehead atoms. The van der Waals surface area contributed by atoms with Gasteiger partial charge in [0, 0.05) is 23.5 Å². The van der Waals surface area contributed by atoms with Gasteiger partial charge in [0.2, 0.25) is 11.8 Å². The largest absolute Gasteiger partial charge is 0.350 e. The molecule has 0 fully saturated rings. The fourth-order valence-corrected chi connectivity index (χ4v) is 6.74. The standard InChI is InChI=1S/C36H40ClN3O4S/c1-26-16-21-32(27(2)22-26)40(45(43,44)31-14-10-7-11-15-31)25-34(41)39(24-29-17-19-30(37)20-18-29)33(35(42)38-36(3,4)5)23-28-12-8-6-9-13-28/h6-22,33H,23-25H2,1-5H3,(H,38,42)/t33-/m1/s1. The topological polar surface area (TPSA) is 86.8 Å². The van der Waals surface area contributed by atoms with Crippen LogP contribution < -0.4 is 9.62 Å². The minimum absolute atomic E-state index is 0.0633. The zero-order chi connectivity index (χ0) is 32.8. The summed E-state index contributed by atoms with van der Waals surface area (Å²) in [5.74, 6) is -0.855. The zero-order valence-corrected chi connectivity index (χ0v) is 27.9. The van der Waals surface area contributed by atoms with Gasteiger partial charge in [-0.15, -0.1) is 0 Å². The number of benzene rings is 4. The summed E-state index contributed by atoms with van der Waals surface area (Å²) in [6.07, 6.45) is 0.233. The van der Waals surface area contributed by atoms with Crippen molar-refractivity contribution in [3.63, 3.8) is 0 Å². The van der Waals surface area contributed by atoms with Crippen LogP contribution in [0.3, 0.4) is 0 Å². The third kappa shape index (κ3) is 8.96. The number of rotatable bonds is 11. The first-order valence-electron chi connectivity index (χ1n) is 14.8. The molecule has 9 heteroatoms. The second-order valence-electron chi connectivity index (χ2n) is 12.2. The van der Waals surface area contributed by atoms with E-state index in [0.717, 1.165) is 21.0 Å². The maximum absolute atomic E-state index is 14.6. The first-order chi connectivity index (χ1) is 21.2. The predicted molar refractivity (Wildman–Crippen MR) is 181 cm³/mol. The van der Waals surface area contributed by atoms with Gasteiger partial charge in [-0.2, -0.15) is 0 Å². The molecule has 2 amide bonds. The van der Waals surface area contributed by atoms with Crippen molar-refractivity contribution >= 4 is 39.1 Å². The van der Waals surface area contributed by atoms with E-state index in [0.29, 0.717) is 16.3 Å². The van der Waals surface area contributed by atoms with Crippen LogP contribution >= 0.6 is 11.6 Å². The minimum Gasteiger partial charge on any atom is -0.350 e. The molecule has 0 unspecified atom stereocenters. The van der Waals surface area contributed by atoms with Gasteiger partial charge in [0.25, 0.3) is 10.0 Å². The normalized spacial score (nSPS) is 12.3. The number of amides is 2. The summed E-state index contributed by atoms with van der Waals surface area (Å²) in [6, 6.07) is 29.1. The van der Waals surface area contributed by atoms with Gasteiger partial charge < -0.3 is 10.2 Å². The van der Waals surface area contributed by atoms with Crippen molar-refractivity contribution < 1.29 is 18.0 Å². The maximum Gasteiger partial charge on any atom is 0.264 e. The highest BCUT2D eigenvalue weighted by Gasteiger charge is 2.36. The molecular formula is C36H40ClN3O4S. The van der Waals surface area contributed by atoms with Crippen LogP contribution in [0.25, 0.3) is 0 Å². The molecule has 0 aliphatic heterocycles. The Hall–Kier alpha value is -4.14. The van der Waals surface area contributed by atoms with Crippen LogP contribution in [0.1, 0.15) is 43.0 Å². The molecule has 4 aromatic rings. The molecule has 0 aromatic heterocycles. The number of aryl methyl sites for hydroxylation is 2. The maximum atomic E-state index is 14.6. The second-order valence-corrected chi connectivity index (χ2v) is 14.5. The molecule has 0 aliphatic rings. The molecule has 1 atom stereocenters. The number of halogens is 1. The highest BCUT2D eigenvalue weighted by atomic mass is 35.5. The molecule has 0 radical (unpaired) electrons. The molecule has 0 heterocycles. The first-order valence-corrected chi connectivity index (χ1v) is 16.6. The van der Waals surface area contributed by atoms with Crippen molar-refractivity contribution in [3.05, 3.63) is 130 Å². The van der Waals surface area contributed by atoms with Gasteiger partial charge in [0.05, 0.1) is 10.6 Å². The molecule has 236 valence electrons. The lowest BCUT2D eigenvalue weighted by Gasteiger charge is -2.35. The summed E-state index contributed by atoms with van der Waals surface area (Å²) in [5, 5.41) is 3.58. The summed E-state index contributed by atoms with van der Waals surface area (Å²) >= 11 is 6.16. The van der Waals surface area contributed by atoms with Gasteiger partial charge in [0.15, 0.2) is 0 Å². The number of sulfonamides is 1. The van der Waals surface area contributed by atoms with E-state index < -0.39 is 34.1 Å². The number of hydrogen-bond donors (Lipinski definition) is 1. The van der Waals surface area contributed by atoms with Crippen LogP contribution in [0, 0.1) is 13.8 Å². The minimum atomic E-state index is -4.16. The zero-order valence-electron chi connectivity index (χ0n) is 26.3. The van der Waals surface area contributed by atoms with Crippen molar-refractivity contribution in [3.8, 4) is 0 Å². The molecule has 0 saturated heterocycles. The third-order valence-electron chi connectivity index (χ3n) is 7.27. The monoisotopic (exact) mass is 645 g/mol. The Morgan fingerprint density at radius 3 is 2.00 bits per heavy atom. The van der Waals surface area contributed by atoms with Crippen molar-refractivity contribution in [1.29, 1.82) is 0 Å². The van der Waals surface area contributed by atoms with Crippen LogP contribution in [0.4, 0.5) is 5.69 Å². The predicted octanol–water partition coefficient (Wildman–Crippen LogP) is 6.71. The molecule has 0 aliphatic carbocycles. The van der Waals surface area contributed by atoms with Crippen LogP contribution in [0.15, 0.2) is 108 Å². The van der Waals surface area contributed by atoms with E-state index in [-0.39, 0.29) is 23.8 Å². The van der Waals surface area contributed by atoms with Gasteiger partial charge >= 0.3 is 0 Å². The Labute approximate surface area is 271 Å². The van der Waals surface area contributed by atoms with Crippen LogP contribution in [-0.4, -0.2) is 43.3 Å². The smallest absolute Gasteiger partial charge is 0.264 e. The molecule has 0 saturated carbocycles. The lowest BCUT2D eigenvalue weighted by atomic mass is 10.0. The van der Waals surface area contributed by atoms with E-state index in [4.69, 9.17) is 11.6 Å². The van der Waals surface area contributed by atoms with Gasteiger partial charge in [-0.3, -0.25) is 13.9 Å². The van der Waals surface area contributed by atoms with Crippen molar-refractivity contribution in [2.24, 2.45) is 0 Å². The Balaban J connectivity index is 1.83. The summed E-state index contributed by atoms with van der Waals surface area (Å²) in [7, 11) is -4.16. The number of nitrogens with one attached hydrogen (secondary N) is 1. The highest BCUT2D eigenvalue weighted by molar-refractivity contribution is 7.92. The number of carbonyl (C=O) groups is 2. The average Bonchev–Trinajstić information content (AvgIpc) is 2.99. The summed E-state index contributed by atoms with van der Waals surface area (Å²) in [6.45, 7) is 8.94. The Morgan fingerprint density at radius 1 is 0.822 bits per heavy atom. The molecule has 1 N–H and O–H groups in total. The van der Waals surface area contributed by atoms with E-state index in [1.807, 2.05) is 77.1 Å². The number of carbonyl (C=O) groups excluding carboxylic acids is 2. The van der Waals surface area contributed by atoms with E-state index in [2.05, 4.69) is 5.32 Å². The van der Waals surface area contributed by atoms with Crippen LogP contribution in [0.2, 0.25) is 5.02 Å². The van der Waals surface area contributed by atoms with Gasteiger partial charge in [-0.1, -0.05) is 90.0 Å².